The molecule has 0 unspecified atom stereocenters. The molecular formula is C30H28N4O2. The Morgan fingerprint density at radius 2 is 1.86 bits per heavy atom. The van der Waals surface area contributed by atoms with E-state index >= 15 is 0 Å². The van der Waals surface area contributed by atoms with Crippen molar-refractivity contribution in [3.63, 3.8) is 0 Å². The molecule has 0 bridgehead atoms. The largest absolute Gasteiger partial charge is 0.485 e. The van der Waals surface area contributed by atoms with Gasteiger partial charge in [-0.3, -0.25) is 4.79 Å². The molecule has 5 rings (SSSR count). The first-order valence-corrected chi connectivity index (χ1v) is 11.9. The molecule has 5 aromatic rings. The van der Waals surface area contributed by atoms with Crippen LogP contribution in [0.3, 0.4) is 0 Å². The number of hydrogen-bond acceptors (Lipinski definition) is 4. The number of carbonyl (C=O) groups excluding carboxylic acids is 1. The minimum atomic E-state index is -0.0880. The Labute approximate surface area is 210 Å². The van der Waals surface area contributed by atoms with Gasteiger partial charge >= 0.3 is 0 Å². The van der Waals surface area contributed by atoms with E-state index in [2.05, 4.69) is 48.4 Å². The lowest BCUT2D eigenvalue weighted by Crippen LogP contribution is -2.07. The van der Waals surface area contributed by atoms with Crippen molar-refractivity contribution < 1.29 is 9.53 Å². The Bertz CT molecular complexity index is 1570. The van der Waals surface area contributed by atoms with Gasteiger partial charge in [0.1, 0.15) is 12.3 Å². The smallest absolute Gasteiger partial charge is 0.221 e. The Morgan fingerprint density at radius 3 is 2.64 bits per heavy atom. The summed E-state index contributed by atoms with van der Waals surface area (Å²) in [5.74, 6) is 0.651. The first kappa shape index (κ1) is 23.3. The number of hydrogen-bond donors (Lipinski definition) is 1. The van der Waals surface area contributed by atoms with Gasteiger partial charge in [-0.25, -0.2) is 9.97 Å². The molecule has 0 saturated heterocycles. The zero-order valence-electron chi connectivity index (χ0n) is 20.9. The lowest BCUT2D eigenvalue weighted by atomic mass is 9.93. The van der Waals surface area contributed by atoms with E-state index in [-0.39, 0.29) is 5.91 Å². The maximum atomic E-state index is 11.5. The summed E-state index contributed by atoms with van der Waals surface area (Å²) in [5.41, 5.74) is 9.03. The number of carbonyl (C=O) groups is 1. The molecule has 0 atom stereocenters. The average molecular weight is 477 g/mol. The van der Waals surface area contributed by atoms with Crippen LogP contribution in [0.25, 0.3) is 27.7 Å². The standard InChI is InChI=1S/C30H28N4O2/c1-19-12-13-25(23-8-7-9-24(16-23)33-22(4)35)20(2)27(19)17-36-30-21(3)32-28-11-6-5-10-26(28)29(30)34-15-14-31-18-34/h5-16,18H,17H2,1-4H3,(H,33,35). The fourth-order valence-corrected chi connectivity index (χ4v) is 4.66. The van der Waals surface area contributed by atoms with Crippen LogP contribution in [-0.2, 0) is 11.4 Å². The number of rotatable bonds is 6. The van der Waals surface area contributed by atoms with Crippen molar-refractivity contribution in [3.05, 3.63) is 102 Å². The number of aryl methyl sites for hydroxylation is 2. The Morgan fingerprint density at radius 1 is 1.03 bits per heavy atom. The number of imidazole rings is 1. The summed E-state index contributed by atoms with van der Waals surface area (Å²) in [4.78, 5) is 20.6. The van der Waals surface area contributed by atoms with Gasteiger partial charge in [0.15, 0.2) is 5.75 Å². The van der Waals surface area contributed by atoms with Crippen LogP contribution in [-0.4, -0.2) is 20.4 Å². The van der Waals surface area contributed by atoms with Crippen LogP contribution < -0.4 is 10.1 Å². The molecule has 0 aliphatic heterocycles. The van der Waals surface area contributed by atoms with Gasteiger partial charge in [-0.2, -0.15) is 0 Å². The van der Waals surface area contributed by atoms with Crippen LogP contribution in [0, 0.1) is 20.8 Å². The van der Waals surface area contributed by atoms with Crippen molar-refractivity contribution >= 4 is 22.5 Å². The number of pyridine rings is 1. The molecular weight excluding hydrogens is 448 g/mol. The number of nitrogens with zero attached hydrogens (tertiary/aromatic N) is 3. The summed E-state index contributed by atoms with van der Waals surface area (Å²) >= 11 is 0. The van der Waals surface area contributed by atoms with Crippen molar-refractivity contribution in [2.24, 2.45) is 0 Å². The number of anilines is 1. The molecule has 0 aliphatic rings. The molecule has 3 aromatic carbocycles. The third kappa shape index (κ3) is 4.45. The number of aromatic nitrogens is 3. The fraction of sp³-hybridized carbons (Fsp3) is 0.167. The average Bonchev–Trinajstić information content (AvgIpc) is 3.38. The second-order valence-corrected chi connectivity index (χ2v) is 8.95. The number of benzene rings is 3. The van der Waals surface area contributed by atoms with Crippen LogP contribution in [0.2, 0.25) is 0 Å². The fourth-order valence-electron chi connectivity index (χ4n) is 4.66. The highest BCUT2D eigenvalue weighted by molar-refractivity contribution is 5.91. The lowest BCUT2D eigenvalue weighted by molar-refractivity contribution is -0.114. The van der Waals surface area contributed by atoms with E-state index in [1.807, 2.05) is 54.1 Å². The van der Waals surface area contributed by atoms with Crippen LogP contribution in [0.5, 0.6) is 5.75 Å². The van der Waals surface area contributed by atoms with Gasteiger partial charge in [0.2, 0.25) is 5.91 Å². The van der Waals surface area contributed by atoms with Crippen molar-refractivity contribution in [3.8, 4) is 22.6 Å². The highest BCUT2D eigenvalue weighted by Crippen LogP contribution is 2.35. The van der Waals surface area contributed by atoms with E-state index < -0.39 is 0 Å². The van der Waals surface area contributed by atoms with E-state index in [0.29, 0.717) is 6.61 Å². The summed E-state index contributed by atoms with van der Waals surface area (Å²) in [6.45, 7) is 8.12. The Hall–Kier alpha value is -4.45. The zero-order chi connectivity index (χ0) is 25.2. The van der Waals surface area contributed by atoms with Gasteiger partial charge in [-0.05, 0) is 66.8 Å². The van der Waals surface area contributed by atoms with Crippen molar-refractivity contribution in [2.45, 2.75) is 34.3 Å². The highest BCUT2D eigenvalue weighted by Gasteiger charge is 2.17. The van der Waals surface area contributed by atoms with Crippen LogP contribution in [0.15, 0.2) is 79.4 Å². The minimum Gasteiger partial charge on any atom is -0.485 e. The molecule has 0 aliphatic carbocycles. The molecule has 6 heteroatoms. The van der Waals surface area contributed by atoms with Crippen molar-refractivity contribution in [1.29, 1.82) is 0 Å². The maximum absolute atomic E-state index is 11.5. The molecule has 0 radical (unpaired) electrons. The number of nitrogens with one attached hydrogen (secondary N) is 1. The molecule has 180 valence electrons. The summed E-state index contributed by atoms with van der Waals surface area (Å²) in [7, 11) is 0. The predicted molar refractivity (Wildman–Crippen MR) is 144 cm³/mol. The molecule has 2 heterocycles. The summed E-state index contributed by atoms with van der Waals surface area (Å²) in [5, 5.41) is 3.88. The zero-order valence-corrected chi connectivity index (χ0v) is 20.9. The lowest BCUT2D eigenvalue weighted by Gasteiger charge is -2.19. The number of para-hydroxylation sites is 1. The first-order chi connectivity index (χ1) is 17.4. The normalized spacial score (nSPS) is 11.0. The topological polar surface area (TPSA) is 69.0 Å². The van der Waals surface area contributed by atoms with Gasteiger partial charge in [-0.1, -0.05) is 42.5 Å². The summed E-state index contributed by atoms with van der Waals surface area (Å²) < 4.78 is 8.53. The number of ether oxygens (including phenoxy) is 1. The third-order valence-corrected chi connectivity index (χ3v) is 6.44. The summed E-state index contributed by atoms with van der Waals surface area (Å²) in [6, 6.07) is 20.2. The van der Waals surface area contributed by atoms with Gasteiger partial charge in [0.25, 0.3) is 0 Å². The SMILES string of the molecule is CC(=O)Nc1cccc(-c2ccc(C)c(COc3c(C)nc4ccccc4c3-n3ccnc3)c2C)c1. The second-order valence-electron chi connectivity index (χ2n) is 8.95. The molecule has 36 heavy (non-hydrogen) atoms. The molecule has 1 N–H and O–H groups in total. The van der Waals surface area contributed by atoms with E-state index in [4.69, 9.17) is 9.72 Å². The van der Waals surface area contributed by atoms with Gasteiger partial charge in [0, 0.05) is 30.4 Å². The molecule has 6 nitrogen and oxygen atoms in total. The third-order valence-electron chi connectivity index (χ3n) is 6.44. The maximum Gasteiger partial charge on any atom is 0.221 e. The van der Waals surface area contributed by atoms with Gasteiger partial charge in [-0.15, -0.1) is 0 Å². The minimum absolute atomic E-state index is 0.0880. The second kappa shape index (κ2) is 9.66. The van der Waals surface area contributed by atoms with E-state index in [9.17, 15) is 4.79 Å². The quantitative estimate of drug-likeness (QED) is 0.302. The van der Waals surface area contributed by atoms with Crippen LogP contribution in [0.4, 0.5) is 5.69 Å². The highest BCUT2D eigenvalue weighted by atomic mass is 16.5. The van der Waals surface area contributed by atoms with Crippen molar-refractivity contribution in [1.82, 2.24) is 14.5 Å². The first-order valence-electron chi connectivity index (χ1n) is 11.9. The van der Waals surface area contributed by atoms with Crippen LogP contribution in [0.1, 0.15) is 29.3 Å². The molecule has 1 amide bonds. The molecule has 2 aromatic heterocycles. The number of amides is 1. The van der Waals surface area contributed by atoms with Crippen LogP contribution >= 0.6 is 0 Å². The van der Waals surface area contributed by atoms with Crippen molar-refractivity contribution in [2.75, 3.05) is 5.32 Å². The van der Waals surface area contributed by atoms with Gasteiger partial charge in [0.05, 0.1) is 17.5 Å². The molecule has 0 spiro atoms. The number of fused-ring (bicyclic) bond motifs is 1. The predicted octanol–water partition coefficient (Wildman–Crippen LogP) is 6.55. The van der Waals surface area contributed by atoms with E-state index in [1.165, 1.54) is 6.92 Å². The monoisotopic (exact) mass is 476 g/mol. The van der Waals surface area contributed by atoms with E-state index in [0.717, 1.165) is 61.5 Å². The summed E-state index contributed by atoms with van der Waals surface area (Å²) in [6.07, 6.45) is 5.47. The Kier molecular flexibility index (Phi) is 6.25. The van der Waals surface area contributed by atoms with E-state index in [1.54, 1.807) is 12.5 Å². The Balaban J connectivity index is 1.54. The molecule has 0 saturated carbocycles. The van der Waals surface area contributed by atoms with Gasteiger partial charge < -0.3 is 14.6 Å². The molecule has 0 fully saturated rings.